The number of guanidine groups is 1. The quantitative estimate of drug-likeness (QED) is 0.552. The van der Waals surface area contributed by atoms with Gasteiger partial charge in [-0.05, 0) is 51.8 Å². The van der Waals surface area contributed by atoms with E-state index in [4.69, 9.17) is 0 Å². The standard InChI is InChI=1S/C18H29FN4O/c1-7-21-16(24)18(4,5)11-22-17(20-6)23-13(3)14-9-8-12(2)15(19)10-14/h8-10,13H,7,11H2,1-6H3,(H,21,24)(H2,20,22,23). The van der Waals surface area contributed by atoms with Crippen LogP contribution in [0.25, 0.3) is 0 Å². The van der Waals surface area contributed by atoms with Gasteiger partial charge < -0.3 is 16.0 Å². The van der Waals surface area contributed by atoms with E-state index < -0.39 is 5.41 Å². The molecule has 1 unspecified atom stereocenters. The molecule has 0 aliphatic carbocycles. The second kappa shape index (κ2) is 8.66. The number of aryl methyl sites for hydroxylation is 1. The number of carbonyl (C=O) groups excluding carboxylic acids is 1. The van der Waals surface area contributed by atoms with Gasteiger partial charge in [-0.3, -0.25) is 9.79 Å². The van der Waals surface area contributed by atoms with Crippen molar-refractivity contribution in [3.05, 3.63) is 35.1 Å². The van der Waals surface area contributed by atoms with Crippen molar-refractivity contribution in [2.75, 3.05) is 20.1 Å². The number of hydrogen-bond acceptors (Lipinski definition) is 2. The summed E-state index contributed by atoms with van der Waals surface area (Å²) in [6.07, 6.45) is 0. The summed E-state index contributed by atoms with van der Waals surface area (Å²) in [6.45, 7) is 10.4. The maximum atomic E-state index is 13.7. The zero-order valence-corrected chi connectivity index (χ0v) is 15.5. The topological polar surface area (TPSA) is 65.5 Å². The van der Waals surface area contributed by atoms with Crippen LogP contribution in [0.3, 0.4) is 0 Å². The van der Waals surface area contributed by atoms with Gasteiger partial charge in [-0.15, -0.1) is 0 Å². The highest BCUT2D eigenvalue weighted by atomic mass is 19.1. The molecular formula is C18H29FN4O. The summed E-state index contributed by atoms with van der Waals surface area (Å²) in [7, 11) is 1.66. The smallest absolute Gasteiger partial charge is 0.227 e. The molecule has 1 atom stereocenters. The lowest BCUT2D eigenvalue weighted by molar-refractivity contribution is -0.128. The van der Waals surface area contributed by atoms with Crippen molar-refractivity contribution in [3.8, 4) is 0 Å². The van der Waals surface area contributed by atoms with Crippen LogP contribution >= 0.6 is 0 Å². The number of halogens is 1. The molecule has 3 N–H and O–H groups in total. The Bertz CT molecular complexity index is 599. The number of nitrogens with zero attached hydrogens (tertiary/aromatic N) is 1. The van der Waals surface area contributed by atoms with E-state index >= 15 is 0 Å². The Labute approximate surface area is 144 Å². The van der Waals surface area contributed by atoms with Crippen LogP contribution in [0, 0.1) is 18.2 Å². The molecule has 0 heterocycles. The van der Waals surface area contributed by atoms with Crippen LogP contribution in [-0.4, -0.2) is 32.0 Å². The molecule has 1 rings (SSSR count). The average molecular weight is 336 g/mol. The van der Waals surface area contributed by atoms with E-state index in [1.165, 1.54) is 6.07 Å². The van der Waals surface area contributed by atoms with E-state index in [1.807, 2.05) is 33.8 Å². The minimum Gasteiger partial charge on any atom is -0.356 e. The molecule has 5 nitrogen and oxygen atoms in total. The highest BCUT2D eigenvalue weighted by molar-refractivity contribution is 5.84. The predicted molar refractivity (Wildman–Crippen MR) is 96.5 cm³/mol. The monoisotopic (exact) mass is 336 g/mol. The fraction of sp³-hybridized carbons (Fsp3) is 0.556. The Hall–Kier alpha value is -2.11. The van der Waals surface area contributed by atoms with Crippen molar-refractivity contribution >= 4 is 11.9 Å². The molecule has 1 aromatic rings. The second-order valence-electron chi connectivity index (χ2n) is 6.54. The lowest BCUT2D eigenvalue weighted by Gasteiger charge is -2.26. The fourth-order valence-corrected chi connectivity index (χ4v) is 2.15. The minimum absolute atomic E-state index is 0.0124. The van der Waals surface area contributed by atoms with E-state index in [9.17, 15) is 9.18 Å². The van der Waals surface area contributed by atoms with Crippen LogP contribution in [0.5, 0.6) is 0 Å². The molecule has 0 aromatic heterocycles. The molecule has 0 aliphatic heterocycles. The summed E-state index contributed by atoms with van der Waals surface area (Å²) in [6, 6.07) is 5.07. The van der Waals surface area contributed by atoms with Gasteiger partial charge in [-0.2, -0.15) is 0 Å². The fourth-order valence-electron chi connectivity index (χ4n) is 2.15. The predicted octanol–water partition coefficient (Wildman–Crippen LogP) is 2.52. The molecule has 24 heavy (non-hydrogen) atoms. The number of hydrogen-bond donors (Lipinski definition) is 3. The number of nitrogens with one attached hydrogen (secondary N) is 3. The van der Waals surface area contributed by atoms with E-state index in [-0.39, 0.29) is 17.8 Å². The molecule has 0 saturated heterocycles. The first kappa shape index (κ1) is 19.9. The Morgan fingerprint density at radius 2 is 2.00 bits per heavy atom. The Morgan fingerprint density at radius 3 is 2.54 bits per heavy atom. The van der Waals surface area contributed by atoms with Gasteiger partial charge in [-0.1, -0.05) is 12.1 Å². The number of benzene rings is 1. The molecule has 0 aliphatic rings. The number of amides is 1. The summed E-state index contributed by atoms with van der Waals surface area (Å²) < 4.78 is 13.7. The first-order valence-electron chi connectivity index (χ1n) is 8.22. The summed E-state index contributed by atoms with van der Waals surface area (Å²) in [5.74, 6) is 0.337. The van der Waals surface area contributed by atoms with Crippen LogP contribution in [0.2, 0.25) is 0 Å². The van der Waals surface area contributed by atoms with Crippen LogP contribution in [0.1, 0.15) is 44.9 Å². The molecule has 0 saturated carbocycles. The zero-order valence-electron chi connectivity index (χ0n) is 15.5. The van der Waals surface area contributed by atoms with Crippen molar-refractivity contribution in [2.24, 2.45) is 10.4 Å². The van der Waals surface area contributed by atoms with Gasteiger partial charge in [0, 0.05) is 20.1 Å². The molecule has 1 amide bonds. The maximum Gasteiger partial charge on any atom is 0.227 e. The number of rotatable bonds is 6. The van der Waals surface area contributed by atoms with Gasteiger partial charge in [0.1, 0.15) is 5.82 Å². The van der Waals surface area contributed by atoms with E-state index in [2.05, 4.69) is 20.9 Å². The molecular weight excluding hydrogens is 307 g/mol. The Morgan fingerprint density at radius 1 is 1.33 bits per heavy atom. The molecule has 6 heteroatoms. The molecule has 1 aromatic carbocycles. The third kappa shape index (κ3) is 5.51. The summed E-state index contributed by atoms with van der Waals surface area (Å²) >= 11 is 0. The van der Waals surface area contributed by atoms with Gasteiger partial charge in [0.15, 0.2) is 5.96 Å². The van der Waals surface area contributed by atoms with Crippen LogP contribution in [-0.2, 0) is 4.79 Å². The highest BCUT2D eigenvalue weighted by Gasteiger charge is 2.27. The van der Waals surface area contributed by atoms with Crippen LogP contribution in [0.15, 0.2) is 23.2 Å². The van der Waals surface area contributed by atoms with Gasteiger partial charge in [0.2, 0.25) is 5.91 Å². The normalized spacial score (nSPS) is 13.4. The minimum atomic E-state index is -0.563. The summed E-state index contributed by atoms with van der Waals surface area (Å²) in [5.41, 5.74) is 0.897. The summed E-state index contributed by atoms with van der Waals surface area (Å²) in [4.78, 5) is 16.2. The second-order valence-corrected chi connectivity index (χ2v) is 6.54. The van der Waals surface area contributed by atoms with Crippen molar-refractivity contribution in [1.82, 2.24) is 16.0 Å². The number of carbonyl (C=O) groups is 1. The first-order valence-corrected chi connectivity index (χ1v) is 8.22. The highest BCUT2D eigenvalue weighted by Crippen LogP contribution is 2.17. The average Bonchev–Trinajstić information content (AvgIpc) is 2.53. The number of aliphatic imine (C=N–C) groups is 1. The third-order valence-electron chi connectivity index (χ3n) is 3.92. The van der Waals surface area contributed by atoms with Gasteiger partial charge in [0.05, 0.1) is 11.5 Å². The summed E-state index contributed by atoms with van der Waals surface area (Å²) in [5, 5.41) is 9.20. The van der Waals surface area contributed by atoms with Gasteiger partial charge in [-0.25, -0.2) is 4.39 Å². The van der Waals surface area contributed by atoms with Crippen molar-refractivity contribution in [3.63, 3.8) is 0 Å². The Kier molecular flexibility index (Phi) is 7.19. The first-order chi connectivity index (χ1) is 11.2. The van der Waals surface area contributed by atoms with Gasteiger partial charge >= 0.3 is 0 Å². The van der Waals surface area contributed by atoms with E-state index in [1.54, 1.807) is 20.0 Å². The van der Waals surface area contributed by atoms with Crippen molar-refractivity contribution in [2.45, 2.75) is 40.7 Å². The largest absolute Gasteiger partial charge is 0.356 e. The van der Waals surface area contributed by atoms with E-state index in [0.29, 0.717) is 24.6 Å². The van der Waals surface area contributed by atoms with E-state index in [0.717, 1.165) is 5.56 Å². The molecule has 134 valence electrons. The van der Waals surface area contributed by atoms with Crippen molar-refractivity contribution in [1.29, 1.82) is 0 Å². The third-order valence-corrected chi connectivity index (χ3v) is 3.92. The lowest BCUT2D eigenvalue weighted by Crippen LogP contribution is -2.48. The maximum absolute atomic E-state index is 13.7. The van der Waals surface area contributed by atoms with Crippen LogP contribution in [0.4, 0.5) is 4.39 Å². The molecule has 0 spiro atoms. The Balaban J connectivity index is 2.67. The zero-order chi connectivity index (χ0) is 18.3. The molecule has 0 radical (unpaired) electrons. The lowest BCUT2D eigenvalue weighted by atomic mass is 9.92. The SMILES string of the molecule is CCNC(=O)C(C)(C)CNC(=NC)NC(C)c1ccc(C)c(F)c1. The van der Waals surface area contributed by atoms with Crippen molar-refractivity contribution < 1.29 is 9.18 Å². The molecule has 0 bridgehead atoms. The van der Waals surface area contributed by atoms with Crippen LogP contribution < -0.4 is 16.0 Å². The molecule has 0 fully saturated rings. The van der Waals surface area contributed by atoms with Gasteiger partial charge in [0.25, 0.3) is 0 Å².